The van der Waals surface area contributed by atoms with Crippen LogP contribution in [-0.2, 0) is 11.3 Å². The van der Waals surface area contributed by atoms with E-state index in [0.717, 1.165) is 42.5 Å². The summed E-state index contributed by atoms with van der Waals surface area (Å²) in [6.45, 7) is 2.24. The summed E-state index contributed by atoms with van der Waals surface area (Å²) >= 11 is 0. The normalized spacial score (nSPS) is 16.6. The first-order valence-corrected chi connectivity index (χ1v) is 6.73. The molecule has 0 spiro atoms. The van der Waals surface area contributed by atoms with Gasteiger partial charge in [-0.05, 0) is 12.8 Å². The van der Waals surface area contributed by atoms with Crippen molar-refractivity contribution in [2.45, 2.75) is 25.8 Å². The van der Waals surface area contributed by atoms with Crippen LogP contribution in [0.15, 0.2) is 0 Å². The van der Waals surface area contributed by atoms with E-state index in [1.165, 1.54) is 0 Å². The summed E-state index contributed by atoms with van der Waals surface area (Å²) in [6, 6.07) is 0. The number of hydrazine groups is 1. The third-order valence-corrected chi connectivity index (χ3v) is 3.57. The van der Waals surface area contributed by atoms with Gasteiger partial charge < -0.3 is 20.7 Å². The lowest BCUT2D eigenvalue weighted by atomic mass is 10.2. The van der Waals surface area contributed by atoms with Crippen LogP contribution in [0, 0.1) is 0 Å². The third-order valence-electron chi connectivity index (χ3n) is 3.57. The largest absolute Gasteiger partial charge is 0.481 e. The molecule has 0 aromatic carbocycles. The highest BCUT2D eigenvalue weighted by Gasteiger charge is 2.29. The van der Waals surface area contributed by atoms with Crippen molar-refractivity contribution in [2.24, 2.45) is 0 Å². The minimum Gasteiger partial charge on any atom is -0.481 e. The van der Waals surface area contributed by atoms with Crippen LogP contribution in [0.5, 0.6) is 0 Å². The number of anilines is 3. The smallest absolute Gasteiger partial charge is 0.303 e. The maximum atomic E-state index is 10.5. The molecule has 8 heteroatoms. The molecule has 3 rings (SSSR count). The molecule has 0 saturated heterocycles. The van der Waals surface area contributed by atoms with E-state index >= 15 is 0 Å². The summed E-state index contributed by atoms with van der Waals surface area (Å²) in [7, 11) is 2.01. The van der Waals surface area contributed by atoms with Crippen LogP contribution >= 0.6 is 0 Å². The van der Waals surface area contributed by atoms with Crippen molar-refractivity contribution >= 4 is 23.2 Å². The van der Waals surface area contributed by atoms with E-state index in [-0.39, 0.29) is 6.42 Å². The molecule has 0 fully saturated rings. The summed E-state index contributed by atoms with van der Waals surface area (Å²) in [6.07, 6.45) is 1.76. The van der Waals surface area contributed by atoms with Crippen LogP contribution in [0.4, 0.5) is 17.2 Å². The van der Waals surface area contributed by atoms with Crippen LogP contribution in [-0.4, -0.2) is 46.5 Å². The first kappa shape index (κ1) is 12.9. The number of carboxylic acid groups (broad SMARTS) is 1. The highest BCUT2D eigenvalue weighted by atomic mass is 16.4. The van der Waals surface area contributed by atoms with Gasteiger partial charge in [0.1, 0.15) is 17.1 Å². The van der Waals surface area contributed by atoms with Gasteiger partial charge in [-0.25, -0.2) is 5.01 Å². The number of unbranched alkanes of at least 4 members (excludes halogenated alkanes) is 1. The minimum absolute atomic E-state index is 0.225. The standard InChI is InChI=1S/C12H18N6O2/c1-17-7-13-12-11(17)10-8(14-15-12)6-18(16-10)5-3-2-4-9(19)20/h16H,2-7H2,1H3,(H,13,15)(H,19,20). The number of aliphatic carboxylic acids is 1. The van der Waals surface area contributed by atoms with Gasteiger partial charge in [0.2, 0.25) is 0 Å². The van der Waals surface area contributed by atoms with Crippen LogP contribution < -0.4 is 15.6 Å². The van der Waals surface area contributed by atoms with Gasteiger partial charge in [0.25, 0.3) is 0 Å². The molecule has 2 aliphatic rings. The number of rotatable bonds is 5. The molecule has 20 heavy (non-hydrogen) atoms. The second-order valence-electron chi connectivity index (χ2n) is 5.14. The number of hydrogen-bond acceptors (Lipinski definition) is 7. The Labute approximate surface area is 116 Å². The Kier molecular flexibility index (Phi) is 3.31. The monoisotopic (exact) mass is 278 g/mol. The zero-order valence-electron chi connectivity index (χ0n) is 11.4. The fourth-order valence-corrected chi connectivity index (χ4v) is 2.55. The Bertz CT molecular complexity index is 535. The highest BCUT2D eigenvalue weighted by Crippen LogP contribution is 2.40. The van der Waals surface area contributed by atoms with Crippen molar-refractivity contribution < 1.29 is 9.90 Å². The molecule has 2 aliphatic heterocycles. The van der Waals surface area contributed by atoms with Gasteiger partial charge in [0, 0.05) is 20.0 Å². The average Bonchev–Trinajstić information content (AvgIpc) is 2.97. The molecule has 3 heterocycles. The maximum absolute atomic E-state index is 10.5. The molecule has 0 atom stereocenters. The van der Waals surface area contributed by atoms with E-state index in [9.17, 15) is 4.79 Å². The van der Waals surface area contributed by atoms with E-state index in [0.29, 0.717) is 13.0 Å². The van der Waals surface area contributed by atoms with Gasteiger partial charge in [-0.3, -0.25) is 4.79 Å². The molecule has 0 aliphatic carbocycles. The van der Waals surface area contributed by atoms with E-state index in [4.69, 9.17) is 5.11 Å². The van der Waals surface area contributed by atoms with Gasteiger partial charge >= 0.3 is 5.97 Å². The quantitative estimate of drug-likeness (QED) is 0.677. The lowest BCUT2D eigenvalue weighted by Gasteiger charge is -2.17. The summed E-state index contributed by atoms with van der Waals surface area (Å²) in [5.41, 5.74) is 6.37. The summed E-state index contributed by atoms with van der Waals surface area (Å²) < 4.78 is 0. The summed E-state index contributed by atoms with van der Waals surface area (Å²) in [4.78, 5) is 12.6. The zero-order chi connectivity index (χ0) is 14.1. The molecular weight excluding hydrogens is 260 g/mol. The molecular formula is C12H18N6O2. The van der Waals surface area contributed by atoms with Crippen LogP contribution in [0.25, 0.3) is 0 Å². The number of aromatic nitrogens is 2. The van der Waals surface area contributed by atoms with Crippen molar-refractivity contribution in [3.8, 4) is 0 Å². The highest BCUT2D eigenvalue weighted by molar-refractivity contribution is 5.85. The Hall–Kier alpha value is -2.09. The minimum atomic E-state index is -0.737. The van der Waals surface area contributed by atoms with Crippen molar-refractivity contribution in [1.82, 2.24) is 15.2 Å². The van der Waals surface area contributed by atoms with Crippen molar-refractivity contribution in [3.63, 3.8) is 0 Å². The van der Waals surface area contributed by atoms with Crippen LogP contribution in [0.1, 0.15) is 25.0 Å². The molecule has 0 radical (unpaired) electrons. The topological polar surface area (TPSA) is 93.6 Å². The molecule has 0 saturated carbocycles. The molecule has 0 bridgehead atoms. The number of nitrogens with zero attached hydrogens (tertiary/aromatic N) is 4. The Balaban J connectivity index is 1.62. The second-order valence-corrected chi connectivity index (χ2v) is 5.14. The van der Waals surface area contributed by atoms with Crippen LogP contribution in [0.2, 0.25) is 0 Å². The van der Waals surface area contributed by atoms with E-state index in [2.05, 4.69) is 30.8 Å². The summed E-state index contributed by atoms with van der Waals surface area (Å²) in [5.74, 6) is 0.0746. The Morgan fingerprint density at radius 3 is 3.05 bits per heavy atom. The van der Waals surface area contributed by atoms with Gasteiger partial charge in [0.05, 0.1) is 13.2 Å². The predicted molar refractivity (Wildman–Crippen MR) is 74.4 cm³/mol. The fraction of sp³-hybridized carbons (Fsp3) is 0.583. The van der Waals surface area contributed by atoms with Gasteiger partial charge in [-0.15, -0.1) is 10.2 Å². The zero-order valence-corrected chi connectivity index (χ0v) is 11.4. The number of fused-ring (bicyclic) bond motifs is 3. The molecule has 0 amide bonds. The number of carbonyl (C=O) groups is 1. The Morgan fingerprint density at radius 2 is 2.25 bits per heavy atom. The molecule has 1 aromatic heterocycles. The maximum Gasteiger partial charge on any atom is 0.303 e. The number of hydrogen-bond donors (Lipinski definition) is 3. The molecule has 1 aromatic rings. The molecule has 0 unspecified atom stereocenters. The van der Waals surface area contributed by atoms with Crippen LogP contribution in [0.3, 0.4) is 0 Å². The van der Waals surface area contributed by atoms with E-state index in [1.54, 1.807) is 0 Å². The van der Waals surface area contributed by atoms with Gasteiger partial charge in [0.15, 0.2) is 5.82 Å². The predicted octanol–water partition coefficient (Wildman–Crippen LogP) is 0.693. The van der Waals surface area contributed by atoms with Crippen molar-refractivity contribution in [1.29, 1.82) is 0 Å². The third kappa shape index (κ3) is 2.34. The van der Waals surface area contributed by atoms with Crippen molar-refractivity contribution in [2.75, 3.05) is 35.9 Å². The lowest BCUT2D eigenvalue weighted by Crippen LogP contribution is -2.25. The molecule has 3 N–H and O–H groups in total. The van der Waals surface area contributed by atoms with Gasteiger partial charge in [-0.1, -0.05) is 0 Å². The first-order valence-electron chi connectivity index (χ1n) is 6.73. The Morgan fingerprint density at radius 1 is 1.40 bits per heavy atom. The van der Waals surface area contributed by atoms with E-state index in [1.807, 2.05) is 7.05 Å². The van der Waals surface area contributed by atoms with E-state index < -0.39 is 5.97 Å². The average molecular weight is 278 g/mol. The second kappa shape index (κ2) is 5.12. The number of carboxylic acids is 1. The first-order chi connectivity index (χ1) is 9.65. The van der Waals surface area contributed by atoms with Gasteiger partial charge in [-0.2, -0.15) is 0 Å². The summed E-state index contributed by atoms with van der Waals surface area (Å²) in [5, 5.41) is 22.3. The SMILES string of the molecule is CN1CNc2nnc3c(c21)NN(CCCCC(=O)O)C3. The number of nitrogens with one attached hydrogen (secondary N) is 2. The molecule has 108 valence electrons. The lowest BCUT2D eigenvalue weighted by molar-refractivity contribution is -0.137. The molecule has 8 nitrogen and oxygen atoms in total. The fourth-order valence-electron chi connectivity index (χ4n) is 2.55. The van der Waals surface area contributed by atoms with Crippen molar-refractivity contribution in [3.05, 3.63) is 5.69 Å².